The van der Waals surface area contributed by atoms with E-state index in [1.165, 1.54) is 12.1 Å². The second-order valence-corrected chi connectivity index (χ2v) is 9.28. The SMILES string of the molecule is Cc1cc2c(nc1NC(=O)CC(C)(C)C)C[C@H](C)N2Cc1ccc(C(F)(F)F)cc1. The molecule has 0 radical (unpaired) electrons. The lowest BCUT2D eigenvalue weighted by molar-refractivity contribution is -0.137. The van der Waals surface area contributed by atoms with Gasteiger partial charge >= 0.3 is 6.18 Å². The van der Waals surface area contributed by atoms with E-state index in [2.05, 4.69) is 22.1 Å². The van der Waals surface area contributed by atoms with E-state index in [0.717, 1.165) is 41.1 Å². The van der Waals surface area contributed by atoms with Gasteiger partial charge in [-0.3, -0.25) is 4.79 Å². The van der Waals surface area contributed by atoms with Crippen molar-refractivity contribution in [2.45, 2.75) is 66.2 Å². The fraction of sp³-hybridized carbons (Fsp3) is 0.478. The Balaban J connectivity index is 1.78. The molecule has 0 spiro atoms. The van der Waals surface area contributed by atoms with Gasteiger partial charge in [0, 0.05) is 25.4 Å². The smallest absolute Gasteiger partial charge is 0.363 e. The molecule has 0 unspecified atom stereocenters. The fourth-order valence-corrected chi connectivity index (χ4v) is 3.68. The van der Waals surface area contributed by atoms with Gasteiger partial charge in [-0.15, -0.1) is 0 Å². The maximum atomic E-state index is 12.8. The number of anilines is 2. The third-order valence-corrected chi connectivity index (χ3v) is 5.18. The molecule has 1 aromatic heterocycles. The minimum atomic E-state index is -4.33. The van der Waals surface area contributed by atoms with E-state index >= 15 is 0 Å². The normalized spacial score (nSPS) is 16.5. The van der Waals surface area contributed by atoms with Crippen LogP contribution in [0.15, 0.2) is 30.3 Å². The van der Waals surface area contributed by atoms with Crippen LogP contribution in [0.4, 0.5) is 24.7 Å². The number of nitrogens with zero attached hydrogens (tertiary/aromatic N) is 2. The number of hydrogen-bond donors (Lipinski definition) is 1. The molecule has 1 aliphatic rings. The quantitative estimate of drug-likeness (QED) is 0.688. The summed E-state index contributed by atoms with van der Waals surface area (Å²) < 4.78 is 38.4. The molecule has 2 heterocycles. The van der Waals surface area contributed by atoms with Gasteiger partial charge < -0.3 is 10.2 Å². The molecule has 1 aromatic carbocycles. The summed E-state index contributed by atoms with van der Waals surface area (Å²) in [5.74, 6) is 0.511. The molecule has 0 bridgehead atoms. The average Bonchev–Trinajstić information content (AvgIpc) is 2.88. The Labute approximate surface area is 175 Å². The molecular formula is C23H28F3N3O. The number of hydrogen-bond acceptors (Lipinski definition) is 3. The van der Waals surface area contributed by atoms with E-state index < -0.39 is 11.7 Å². The maximum Gasteiger partial charge on any atom is 0.416 e. The highest BCUT2D eigenvalue weighted by atomic mass is 19.4. The maximum absolute atomic E-state index is 12.8. The molecule has 0 saturated heterocycles. The van der Waals surface area contributed by atoms with Crippen molar-refractivity contribution in [1.29, 1.82) is 0 Å². The fourth-order valence-electron chi connectivity index (χ4n) is 3.68. The van der Waals surface area contributed by atoms with Gasteiger partial charge in [-0.1, -0.05) is 32.9 Å². The average molecular weight is 419 g/mol. The Morgan fingerprint density at radius 2 is 1.83 bits per heavy atom. The molecule has 0 saturated carbocycles. The Hall–Kier alpha value is -2.57. The molecule has 1 amide bonds. The molecule has 162 valence electrons. The lowest BCUT2D eigenvalue weighted by atomic mass is 9.92. The van der Waals surface area contributed by atoms with Crippen molar-refractivity contribution in [1.82, 2.24) is 4.98 Å². The Bertz CT molecular complexity index is 930. The van der Waals surface area contributed by atoms with Gasteiger partial charge in [0.2, 0.25) is 5.91 Å². The minimum absolute atomic E-state index is 0.0642. The standard InChI is InChI=1S/C23H28F3N3O/c1-14-10-19-18(27-21(14)28-20(30)12-22(3,4)5)11-15(2)29(19)13-16-6-8-17(9-7-16)23(24,25)26/h6-10,15H,11-13H2,1-5H3,(H,27,28,30)/t15-/m0/s1. The zero-order valence-corrected chi connectivity index (χ0v) is 18.0. The highest BCUT2D eigenvalue weighted by Gasteiger charge is 2.31. The van der Waals surface area contributed by atoms with Crippen molar-refractivity contribution in [2.24, 2.45) is 5.41 Å². The summed E-state index contributed by atoms with van der Waals surface area (Å²) in [4.78, 5) is 19.1. The second kappa shape index (κ2) is 7.93. The summed E-state index contributed by atoms with van der Waals surface area (Å²) in [5, 5.41) is 2.92. The number of rotatable bonds is 4. The van der Waals surface area contributed by atoms with Gasteiger partial charge in [-0.2, -0.15) is 13.2 Å². The number of nitrogens with one attached hydrogen (secondary N) is 1. The number of aryl methyl sites for hydroxylation is 1. The molecule has 1 aliphatic heterocycles. The molecule has 2 aromatic rings. The van der Waals surface area contributed by atoms with Gasteiger partial charge in [0.1, 0.15) is 5.82 Å². The predicted octanol–water partition coefficient (Wildman–Crippen LogP) is 5.73. The molecule has 3 rings (SSSR count). The summed E-state index contributed by atoms with van der Waals surface area (Å²) >= 11 is 0. The highest BCUT2D eigenvalue weighted by Crippen LogP contribution is 2.36. The summed E-state index contributed by atoms with van der Waals surface area (Å²) in [7, 11) is 0. The molecule has 1 atom stereocenters. The van der Waals surface area contributed by atoms with Crippen LogP contribution in [0.25, 0.3) is 0 Å². The largest absolute Gasteiger partial charge is 0.416 e. The van der Waals surface area contributed by atoms with Crippen LogP contribution in [0, 0.1) is 12.3 Å². The predicted molar refractivity (Wildman–Crippen MR) is 112 cm³/mol. The summed E-state index contributed by atoms with van der Waals surface area (Å²) in [6.07, 6.45) is -3.21. The van der Waals surface area contributed by atoms with Crippen LogP contribution in [-0.4, -0.2) is 16.9 Å². The van der Waals surface area contributed by atoms with Crippen LogP contribution >= 0.6 is 0 Å². The van der Waals surface area contributed by atoms with Gasteiger partial charge in [0.15, 0.2) is 0 Å². The van der Waals surface area contributed by atoms with Crippen LogP contribution in [0.2, 0.25) is 0 Å². The number of fused-ring (bicyclic) bond motifs is 1. The van der Waals surface area contributed by atoms with Gasteiger partial charge in [0.05, 0.1) is 16.9 Å². The number of carbonyl (C=O) groups excluding carboxylic acids is 1. The van der Waals surface area contributed by atoms with Crippen LogP contribution in [0.1, 0.15) is 56.5 Å². The summed E-state index contributed by atoms with van der Waals surface area (Å²) in [6.45, 7) is 10.5. The molecule has 4 nitrogen and oxygen atoms in total. The molecule has 30 heavy (non-hydrogen) atoms. The first-order chi connectivity index (χ1) is 13.8. The van der Waals surface area contributed by atoms with Crippen molar-refractivity contribution in [2.75, 3.05) is 10.2 Å². The molecular weight excluding hydrogens is 391 g/mol. The van der Waals surface area contributed by atoms with Crippen molar-refractivity contribution in [3.8, 4) is 0 Å². The van der Waals surface area contributed by atoms with Crippen LogP contribution in [0.5, 0.6) is 0 Å². The number of alkyl halides is 3. The van der Waals surface area contributed by atoms with Gasteiger partial charge in [-0.25, -0.2) is 4.98 Å². The second-order valence-electron chi connectivity index (χ2n) is 9.28. The van der Waals surface area contributed by atoms with Crippen molar-refractivity contribution < 1.29 is 18.0 Å². The van der Waals surface area contributed by atoms with Crippen LogP contribution in [0.3, 0.4) is 0 Å². The van der Waals surface area contributed by atoms with E-state index in [0.29, 0.717) is 18.8 Å². The van der Waals surface area contributed by atoms with Gasteiger partial charge in [-0.05, 0) is 48.6 Å². The number of carbonyl (C=O) groups is 1. The number of benzene rings is 1. The zero-order chi connectivity index (χ0) is 22.3. The first-order valence-electron chi connectivity index (χ1n) is 10.1. The summed E-state index contributed by atoms with van der Waals surface area (Å²) in [6, 6.07) is 7.45. The van der Waals surface area contributed by atoms with Crippen LogP contribution < -0.4 is 10.2 Å². The third-order valence-electron chi connectivity index (χ3n) is 5.18. The monoisotopic (exact) mass is 419 g/mol. The first kappa shape index (κ1) is 22.1. The van der Waals surface area contributed by atoms with E-state index in [9.17, 15) is 18.0 Å². The number of pyridine rings is 1. The molecule has 1 N–H and O–H groups in total. The van der Waals surface area contributed by atoms with Crippen molar-refractivity contribution in [3.05, 3.63) is 52.7 Å². The number of amides is 1. The van der Waals surface area contributed by atoms with E-state index in [1.54, 1.807) is 0 Å². The van der Waals surface area contributed by atoms with Crippen molar-refractivity contribution in [3.63, 3.8) is 0 Å². The van der Waals surface area contributed by atoms with E-state index in [1.807, 2.05) is 33.8 Å². The first-order valence-corrected chi connectivity index (χ1v) is 10.1. The molecule has 0 aliphatic carbocycles. The van der Waals surface area contributed by atoms with Crippen LogP contribution in [-0.2, 0) is 23.9 Å². The third kappa shape index (κ3) is 5.12. The van der Waals surface area contributed by atoms with Gasteiger partial charge in [0.25, 0.3) is 0 Å². The minimum Gasteiger partial charge on any atom is -0.363 e. The number of aromatic nitrogens is 1. The Morgan fingerprint density at radius 3 is 2.40 bits per heavy atom. The topological polar surface area (TPSA) is 45.2 Å². The molecule has 0 fully saturated rings. The molecule has 7 heteroatoms. The summed E-state index contributed by atoms with van der Waals surface area (Å²) in [5.41, 5.74) is 2.78. The Morgan fingerprint density at radius 1 is 1.20 bits per heavy atom. The Kier molecular flexibility index (Phi) is 5.85. The van der Waals surface area contributed by atoms with Crippen molar-refractivity contribution >= 4 is 17.4 Å². The highest BCUT2D eigenvalue weighted by molar-refractivity contribution is 5.91. The lowest BCUT2D eigenvalue weighted by Crippen LogP contribution is -2.28. The van der Waals surface area contributed by atoms with E-state index in [4.69, 9.17) is 0 Å². The lowest BCUT2D eigenvalue weighted by Gasteiger charge is -2.25. The zero-order valence-electron chi connectivity index (χ0n) is 18.0. The number of halogens is 3. The van der Waals surface area contributed by atoms with E-state index in [-0.39, 0.29) is 17.4 Å².